The smallest absolute Gasteiger partial charge is 0.220 e. The number of carbonyl (C=O) groups excluding carboxylic acids is 1. The number of hydrogen-bond donors (Lipinski definition) is 1. The van der Waals surface area contributed by atoms with E-state index in [2.05, 4.69) is 30.4 Å². The van der Waals surface area contributed by atoms with Crippen LogP contribution in [-0.4, -0.2) is 12.5 Å². The Morgan fingerprint density at radius 3 is 2.95 bits per heavy atom. The molecule has 3 rings (SSSR count). The number of rotatable bonds is 4. The number of nitrogens with one attached hydrogen (secondary N) is 1. The van der Waals surface area contributed by atoms with Crippen LogP contribution in [-0.2, 0) is 11.3 Å². The first kappa shape index (κ1) is 14.6. The number of hydrogen-bond acceptors (Lipinski definition) is 2. The van der Waals surface area contributed by atoms with Crippen molar-refractivity contribution >= 4 is 5.91 Å². The summed E-state index contributed by atoms with van der Waals surface area (Å²) in [6.45, 7) is 3.34. The highest BCUT2D eigenvalue weighted by molar-refractivity contribution is 5.77. The Morgan fingerprint density at radius 2 is 2.09 bits per heavy atom. The summed E-state index contributed by atoms with van der Waals surface area (Å²) < 4.78 is 5.65. The number of ether oxygens (including phenoxy) is 1. The third-order valence-electron chi connectivity index (χ3n) is 4.09. The average molecular weight is 295 g/mol. The van der Waals surface area contributed by atoms with Crippen LogP contribution < -0.4 is 10.1 Å². The lowest BCUT2D eigenvalue weighted by Gasteiger charge is -2.25. The third-order valence-corrected chi connectivity index (χ3v) is 4.09. The fourth-order valence-electron chi connectivity index (χ4n) is 2.95. The normalized spacial score (nSPS) is 16.5. The molecule has 0 radical (unpaired) electrons. The molecule has 1 unspecified atom stereocenters. The second-order valence-electron chi connectivity index (χ2n) is 5.84. The molecule has 0 spiro atoms. The molecule has 3 heteroatoms. The monoisotopic (exact) mass is 295 g/mol. The number of aryl methyl sites for hydroxylation is 1. The number of amides is 1. The van der Waals surface area contributed by atoms with Gasteiger partial charge in [0.15, 0.2) is 0 Å². The van der Waals surface area contributed by atoms with E-state index in [0.29, 0.717) is 19.6 Å². The Bertz CT molecular complexity index is 666. The largest absolute Gasteiger partial charge is 0.493 e. The summed E-state index contributed by atoms with van der Waals surface area (Å²) in [6.07, 6.45) is 1.42. The van der Waals surface area contributed by atoms with Gasteiger partial charge in [-0.05, 0) is 36.5 Å². The van der Waals surface area contributed by atoms with Gasteiger partial charge in [-0.25, -0.2) is 0 Å². The fourth-order valence-corrected chi connectivity index (χ4v) is 2.95. The molecule has 2 aromatic rings. The van der Waals surface area contributed by atoms with E-state index < -0.39 is 0 Å². The van der Waals surface area contributed by atoms with E-state index in [4.69, 9.17) is 4.74 Å². The summed E-state index contributed by atoms with van der Waals surface area (Å²) in [5, 5.41) is 3.02. The molecule has 1 aliphatic rings. The van der Waals surface area contributed by atoms with Gasteiger partial charge in [0, 0.05) is 13.0 Å². The quantitative estimate of drug-likeness (QED) is 0.936. The van der Waals surface area contributed by atoms with Crippen LogP contribution in [0.15, 0.2) is 48.5 Å². The first-order valence-corrected chi connectivity index (χ1v) is 7.76. The Hall–Kier alpha value is -2.29. The van der Waals surface area contributed by atoms with Crippen molar-refractivity contribution in [1.29, 1.82) is 0 Å². The average Bonchev–Trinajstić information content (AvgIpc) is 2.53. The topological polar surface area (TPSA) is 38.3 Å². The second-order valence-corrected chi connectivity index (χ2v) is 5.84. The molecular weight excluding hydrogens is 274 g/mol. The highest BCUT2D eigenvalue weighted by atomic mass is 16.5. The number of carbonyl (C=O) groups is 1. The van der Waals surface area contributed by atoms with Crippen LogP contribution in [0.2, 0.25) is 0 Å². The van der Waals surface area contributed by atoms with Gasteiger partial charge in [-0.15, -0.1) is 0 Å². The zero-order valence-corrected chi connectivity index (χ0v) is 12.8. The van der Waals surface area contributed by atoms with Gasteiger partial charge in [-0.2, -0.15) is 0 Å². The van der Waals surface area contributed by atoms with Crippen LogP contribution in [0.3, 0.4) is 0 Å². The molecule has 0 aliphatic carbocycles. The predicted octanol–water partition coefficient (Wildman–Crippen LogP) is 3.57. The van der Waals surface area contributed by atoms with Crippen molar-refractivity contribution in [2.45, 2.75) is 32.2 Å². The lowest BCUT2D eigenvalue weighted by molar-refractivity contribution is -0.121. The minimum absolute atomic E-state index is 0.100. The zero-order chi connectivity index (χ0) is 15.4. The Kier molecular flexibility index (Phi) is 4.42. The van der Waals surface area contributed by atoms with Gasteiger partial charge in [0.2, 0.25) is 5.91 Å². The van der Waals surface area contributed by atoms with E-state index in [9.17, 15) is 4.79 Å². The van der Waals surface area contributed by atoms with E-state index in [1.54, 1.807) is 0 Å². The summed E-state index contributed by atoms with van der Waals surface area (Å²) >= 11 is 0. The van der Waals surface area contributed by atoms with Gasteiger partial charge in [0.25, 0.3) is 0 Å². The minimum Gasteiger partial charge on any atom is -0.493 e. The van der Waals surface area contributed by atoms with Crippen LogP contribution in [0.4, 0.5) is 0 Å². The zero-order valence-electron chi connectivity index (χ0n) is 12.8. The van der Waals surface area contributed by atoms with Gasteiger partial charge >= 0.3 is 0 Å². The summed E-state index contributed by atoms with van der Waals surface area (Å²) in [6, 6.07) is 16.2. The molecule has 2 aromatic carbocycles. The lowest BCUT2D eigenvalue weighted by atomic mass is 9.90. The van der Waals surface area contributed by atoms with Crippen LogP contribution in [0.25, 0.3) is 0 Å². The molecule has 0 saturated carbocycles. The molecule has 1 N–H and O–H groups in total. The van der Waals surface area contributed by atoms with Crippen LogP contribution in [0, 0.1) is 6.92 Å². The number of para-hydroxylation sites is 1. The maximum absolute atomic E-state index is 12.2. The second kappa shape index (κ2) is 6.65. The van der Waals surface area contributed by atoms with Crippen molar-refractivity contribution in [3.8, 4) is 5.75 Å². The third kappa shape index (κ3) is 3.48. The summed E-state index contributed by atoms with van der Waals surface area (Å²) in [5.41, 5.74) is 3.50. The van der Waals surface area contributed by atoms with Crippen LogP contribution in [0.5, 0.6) is 5.75 Å². The molecule has 0 aromatic heterocycles. The molecule has 0 fully saturated rings. The number of benzene rings is 2. The van der Waals surface area contributed by atoms with E-state index in [1.165, 1.54) is 5.56 Å². The molecule has 1 aliphatic heterocycles. The highest BCUT2D eigenvalue weighted by Gasteiger charge is 2.23. The van der Waals surface area contributed by atoms with Crippen molar-refractivity contribution in [3.05, 3.63) is 65.2 Å². The van der Waals surface area contributed by atoms with Crippen molar-refractivity contribution in [1.82, 2.24) is 5.32 Å². The SMILES string of the molecule is Cc1cccc(CNC(=O)CC2CCOc3ccccc32)c1. The molecular formula is C19H21NO2. The molecule has 1 amide bonds. The van der Waals surface area contributed by atoms with Gasteiger partial charge in [-0.3, -0.25) is 4.79 Å². The summed E-state index contributed by atoms with van der Waals surface area (Å²) in [7, 11) is 0. The molecule has 114 valence electrons. The summed E-state index contributed by atoms with van der Waals surface area (Å²) in [4.78, 5) is 12.2. The predicted molar refractivity (Wildman–Crippen MR) is 86.9 cm³/mol. The van der Waals surface area contributed by atoms with Gasteiger partial charge < -0.3 is 10.1 Å². The van der Waals surface area contributed by atoms with Gasteiger partial charge in [0.05, 0.1) is 6.61 Å². The van der Waals surface area contributed by atoms with E-state index >= 15 is 0 Å². The van der Waals surface area contributed by atoms with Crippen molar-refractivity contribution in [2.75, 3.05) is 6.61 Å². The molecule has 22 heavy (non-hydrogen) atoms. The lowest BCUT2D eigenvalue weighted by Crippen LogP contribution is -2.26. The van der Waals surface area contributed by atoms with E-state index in [0.717, 1.165) is 23.3 Å². The Labute approximate surface area is 131 Å². The fraction of sp³-hybridized carbons (Fsp3) is 0.316. The first-order valence-electron chi connectivity index (χ1n) is 7.76. The first-order chi connectivity index (χ1) is 10.7. The van der Waals surface area contributed by atoms with Gasteiger partial charge in [-0.1, -0.05) is 48.0 Å². The van der Waals surface area contributed by atoms with Crippen molar-refractivity contribution in [3.63, 3.8) is 0 Å². The standard InChI is InChI=1S/C19H21NO2/c1-14-5-4-6-15(11-14)13-20-19(21)12-16-9-10-22-18-8-3-2-7-17(16)18/h2-8,11,16H,9-10,12-13H2,1H3,(H,20,21). The van der Waals surface area contributed by atoms with E-state index in [1.807, 2.05) is 30.3 Å². The summed E-state index contributed by atoms with van der Waals surface area (Å²) in [5.74, 6) is 1.27. The van der Waals surface area contributed by atoms with Gasteiger partial charge in [0.1, 0.15) is 5.75 Å². The maximum atomic E-state index is 12.2. The van der Waals surface area contributed by atoms with Crippen molar-refractivity contribution < 1.29 is 9.53 Å². The Morgan fingerprint density at radius 1 is 1.23 bits per heavy atom. The Balaban J connectivity index is 1.59. The molecule has 0 saturated heterocycles. The van der Waals surface area contributed by atoms with Crippen LogP contribution >= 0.6 is 0 Å². The highest BCUT2D eigenvalue weighted by Crippen LogP contribution is 2.35. The molecule has 1 atom stereocenters. The van der Waals surface area contributed by atoms with Crippen LogP contribution in [0.1, 0.15) is 35.4 Å². The molecule has 0 bridgehead atoms. The molecule has 1 heterocycles. The molecule has 3 nitrogen and oxygen atoms in total. The van der Waals surface area contributed by atoms with E-state index in [-0.39, 0.29) is 11.8 Å². The number of fused-ring (bicyclic) bond motifs is 1. The maximum Gasteiger partial charge on any atom is 0.220 e. The minimum atomic E-state index is 0.100. The van der Waals surface area contributed by atoms with Crippen molar-refractivity contribution in [2.24, 2.45) is 0 Å².